The number of thiocarbonyl (C=S) groups is 1. The molecule has 5 aromatic carbocycles. The second-order valence-electron chi connectivity index (χ2n) is 11.6. The standard InChI is InChI=1S/C37H33FNO5PS/c38-30-14-6-27(7-15-30)34(40)21-13-29-23-36(46)39(31-16-8-25(9-17-31)24-4-2-1-3-5-24)37(29)33-20-12-28(22-35(33)41)26-10-18-32(19-11-26)45(42,43)44/h1-12,14-20,22,29,34,37,40-41H,13,21,23H2,(H2,42,43,44)/t29-,34?,37+/m1/s1. The zero-order valence-electron chi connectivity index (χ0n) is 24.8. The van der Waals surface area contributed by atoms with Crippen LogP contribution in [0.15, 0.2) is 121 Å². The molecule has 6 nitrogen and oxygen atoms in total. The van der Waals surface area contributed by atoms with Crippen molar-refractivity contribution in [2.45, 2.75) is 31.4 Å². The SMILES string of the molecule is O=P(O)(O)c1ccc(-c2ccc([C@@H]3[C@H](CCC(O)c4ccc(F)cc4)CC(=S)N3c3ccc(-c4ccccc4)cc3)c(O)c2)cc1. The molecule has 0 amide bonds. The summed E-state index contributed by atoms with van der Waals surface area (Å²) in [6.45, 7) is 0. The number of hydrogen-bond acceptors (Lipinski definition) is 4. The van der Waals surface area contributed by atoms with Crippen molar-refractivity contribution in [3.05, 3.63) is 138 Å². The molecular weight excluding hydrogens is 620 g/mol. The summed E-state index contributed by atoms with van der Waals surface area (Å²) in [5, 5.41) is 22.3. The Labute approximate surface area is 272 Å². The molecule has 0 saturated carbocycles. The van der Waals surface area contributed by atoms with Crippen LogP contribution in [0.3, 0.4) is 0 Å². The normalized spacial score (nSPS) is 17.3. The largest absolute Gasteiger partial charge is 0.508 e. The van der Waals surface area contributed by atoms with Gasteiger partial charge in [-0.25, -0.2) is 4.39 Å². The zero-order valence-corrected chi connectivity index (χ0v) is 26.5. The van der Waals surface area contributed by atoms with E-state index in [0.29, 0.717) is 41.5 Å². The number of phenols is 1. The highest BCUT2D eigenvalue weighted by Crippen LogP contribution is 2.48. The molecule has 1 aliphatic rings. The van der Waals surface area contributed by atoms with E-state index in [0.717, 1.165) is 21.8 Å². The third kappa shape index (κ3) is 6.82. The topological polar surface area (TPSA) is 101 Å². The molecule has 0 aliphatic carbocycles. The number of halogens is 1. The van der Waals surface area contributed by atoms with Crippen molar-refractivity contribution in [3.8, 4) is 28.0 Å². The molecular formula is C37H33FNO5PS. The van der Waals surface area contributed by atoms with Gasteiger partial charge in [0.25, 0.3) is 0 Å². The van der Waals surface area contributed by atoms with Gasteiger partial charge in [-0.3, -0.25) is 4.57 Å². The number of nitrogens with zero attached hydrogens (tertiary/aromatic N) is 1. The summed E-state index contributed by atoms with van der Waals surface area (Å²) in [7, 11) is -4.37. The van der Waals surface area contributed by atoms with Crippen molar-refractivity contribution in [3.63, 3.8) is 0 Å². The fourth-order valence-corrected chi connectivity index (χ4v) is 7.22. The van der Waals surface area contributed by atoms with Gasteiger partial charge in [0, 0.05) is 17.7 Å². The minimum atomic E-state index is -4.37. The predicted molar refractivity (Wildman–Crippen MR) is 184 cm³/mol. The van der Waals surface area contributed by atoms with Gasteiger partial charge >= 0.3 is 7.60 Å². The summed E-state index contributed by atoms with van der Waals surface area (Å²) >= 11 is 5.95. The van der Waals surface area contributed by atoms with E-state index in [1.165, 1.54) is 24.3 Å². The van der Waals surface area contributed by atoms with Crippen LogP contribution in [-0.4, -0.2) is 25.0 Å². The third-order valence-corrected chi connectivity index (χ3v) is 9.97. The molecule has 0 bridgehead atoms. The van der Waals surface area contributed by atoms with E-state index >= 15 is 0 Å². The lowest BCUT2D eigenvalue weighted by Crippen LogP contribution is -2.28. The Kier molecular flexibility index (Phi) is 9.18. The van der Waals surface area contributed by atoms with E-state index in [4.69, 9.17) is 12.2 Å². The van der Waals surface area contributed by atoms with Crippen LogP contribution in [0.5, 0.6) is 5.75 Å². The summed E-state index contributed by atoms with van der Waals surface area (Å²) in [5.41, 5.74) is 5.79. The lowest BCUT2D eigenvalue weighted by molar-refractivity contribution is 0.155. The predicted octanol–water partition coefficient (Wildman–Crippen LogP) is 8.08. The number of aliphatic hydroxyl groups is 1. The molecule has 3 atom stereocenters. The maximum Gasteiger partial charge on any atom is 0.356 e. The number of aliphatic hydroxyl groups excluding tert-OH is 1. The second kappa shape index (κ2) is 13.3. The summed E-state index contributed by atoms with van der Waals surface area (Å²) in [4.78, 5) is 21.8. The van der Waals surface area contributed by atoms with Crippen LogP contribution in [0.25, 0.3) is 22.3 Å². The van der Waals surface area contributed by atoms with Crippen LogP contribution < -0.4 is 10.2 Å². The monoisotopic (exact) mass is 653 g/mol. The average Bonchev–Trinajstić information content (AvgIpc) is 3.39. The first-order valence-corrected chi connectivity index (χ1v) is 17.0. The molecule has 1 heterocycles. The van der Waals surface area contributed by atoms with Gasteiger partial charge in [-0.05, 0) is 89.0 Å². The van der Waals surface area contributed by atoms with Crippen molar-refractivity contribution in [1.29, 1.82) is 0 Å². The quantitative estimate of drug-likeness (QED) is 0.0943. The van der Waals surface area contributed by atoms with Crippen LogP contribution in [0, 0.1) is 11.7 Å². The van der Waals surface area contributed by atoms with Crippen LogP contribution in [0.2, 0.25) is 0 Å². The van der Waals surface area contributed by atoms with Crippen molar-refractivity contribution >= 4 is 35.8 Å². The van der Waals surface area contributed by atoms with Crippen molar-refractivity contribution in [1.82, 2.24) is 0 Å². The van der Waals surface area contributed by atoms with Gasteiger partial charge in [0.1, 0.15) is 11.6 Å². The van der Waals surface area contributed by atoms with Crippen molar-refractivity contribution < 1.29 is 29.0 Å². The second-order valence-corrected chi connectivity index (χ2v) is 13.7. The maximum absolute atomic E-state index is 13.5. The molecule has 1 aliphatic heterocycles. The van der Waals surface area contributed by atoms with Gasteiger partial charge in [0.2, 0.25) is 0 Å². The molecule has 0 radical (unpaired) electrons. The molecule has 4 N–H and O–H groups in total. The number of phenolic OH excluding ortho intramolecular Hbond substituents is 1. The Morgan fingerprint density at radius 1 is 0.804 bits per heavy atom. The molecule has 0 aromatic heterocycles. The Balaban J connectivity index is 1.32. The van der Waals surface area contributed by atoms with Crippen LogP contribution in [-0.2, 0) is 4.57 Å². The lowest BCUT2D eigenvalue weighted by Gasteiger charge is -2.31. The number of hydrogen-bond donors (Lipinski definition) is 4. The van der Waals surface area contributed by atoms with E-state index < -0.39 is 13.7 Å². The van der Waals surface area contributed by atoms with Crippen LogP contribution in [0.1, 0.15) is 42.5 Å². The Morgan fingerprint density at radius 3 is 2.02 bits per heavy atom. The molecule has 46 heavy (non-hydrogen) atoms. The van der Waals surface area contributed by atoms with E-state index in [1.54, 1.807) is 30.3 Å². The third-order valence-electron chi connectivity index (χ3n) is 8.63. The average molecular weight is 654 g/mol. The Hall–Kier alpha value is -4.17. The number of aromatic hydroxyl groups is 1. The van der Waals surface area contributed by atoms with Gasteiger partial charge in [0.05, 0.1) is 22.4 Å². The molecule has 6 rings (SSSR count). The first kappa shape index (κ1) is 31.8. The van der Waals surface area contributed by atoms with Gasteiger partial charge in [-0.2, -0.15) is 0 Å². The minimum Gasteiger partial charge on any atom is -0.508 e. The maximum atomic E-state index is 13.5. The first-order valence-electron chi connectivity index (χ1n) is 15.0. The zero-order chi connectivity index (χ0) is 32.4. The molecule has 1 fully saturated rings. The Morgan fingerprint density at radius 2 is 1.39 bits per heavy atom. The van der Waals surface area contributed by atoms with Gasteiger partial charge in [-0.15, -0.1) is 0 Å². The highest BCUT2D eigenvalue weighted by atomic mass is 32.1. The Bertz CT molecular complexity index is 1880. The van der Waals surface area contributed by atoms with E-state index in [-0.39, 0.29) is 28.8 Å². The lowest BCUT2D eigenvalue weighted by atomic mass is 9.86. The number of rotatable bonds is 9. The molecule has 0 spiro atoms. The van der Waals surface area contributed by atoms with Gasteiger partial charge in [-0.1, -0.05) is 91.1 Å². The van der Waals surface area contributed by atoms with Crippen molar-refractivity contribution in [2.24, 2.45) is 5.92 Å². The van der Waals surface area contributed by atoms with E-state index in [1.807, 2.05) is 42.5 Å². The summed E-state index contributed by atoms with van der Waals surface area (Å²) < 4.78 is 25.1. The molecule has 5 aromatic rings. The minimum absolute atomic E-state index is 0.0318. The number of anilines is 1. The van der Waals surface area contributed by atoms with Crippen molar-refractivity contribution in [2.75, 3.05) is 4.90 Å². The first-order chi connectivity index (χ1) is 22.1. The molecule has 234 valence electrons. The molecule has 9 heteroatoms. The van der Waals surface area contributed by atoms with Crippen LogP contribution >= 0.6 is 19.8 Å². The molecule has 1 unspecified atom stereocenters. The number of benzene rings is 5. The van der Waals surface area contributed by atoms with E-state index in [2.05, 4.69) is 29.2 Å². The molecule has 1 saturated heterocycles. The fourth-order valence-electron chi connectivity index (χ4n) is 6.25. The summed E-state index contributed by atoms with van der Waals surface area (Å²) in [5.74, 6) is -0.320. The van der Waals surface area contributed by atoms with Gasteiger partial charge < -0.3 is 24.9 Å². The van der Waals surface area contributed by atoms with Gasteiger partial charge in [0.15, 0.2) is 0 Å². The summed E-state index contributed by atoms with van der Waals surface area (Å²) in [6.07, 6.45) is 0.844. The highest BCUT2D eigenvalue weighted by Gasteiger charge is 2.40. The highest BCUT2D eigenvalue weighted by molar-refractivity contribution is 7.80. The van der Waals surface area contributed by atoms with Crippen LogP contribution in [0.4, 0.5) is 10.1 Å². The smallest absolute Gasteiger partial charge is 0.356 e. The summed E-state index contributed by atoms with van der Waals surface area (Å²) in [6, 6.07) is 35.2. The fraction of sp³-hybridized carbons (Fsp3) is 0.162. The van der Waals surface area contributed by atoms with E-state index in [9.17, 15) is 29.0 Å².